The Labute approximate surface area is 83.1 Å². The van der Waals surface area contributed by atoms with Crippen LogP contribution in [0.15, 0.2) is 0 Å². The van der Waals surface area contributed by atoms with E-state index in [4.69, 9.17) is 6.42 Å². The number of hydrogen-bond donors (Lipinski definition) is 2. The number of nitrogens with one attached hydrogen (secondary N) is 2. The van der Waals surface area contributed by atoms with Crippen LogP contribution in [-0.4, -0.2) is 22.1 Å². The molecule has 1 rings (SSSR count). The van der Waals surface area contributed by atoms with Crippen molar-refractivity contribution in [1.29, 1.82) is 0 Å². The summed E-state index contributed by atoms with van der Waals surface area (Å²) in [6.45, 7) is 5.33. The molecule has 0 aliphatic carbocycles. The molecule has 0 aliphatic heterocycles. The lowest BCUT2D eigenvalue weighted by Gasteiger charge is -2.07. The minimum atomic E-state index is -0.267. The molecule has 0 aliphatic rings. The van der Waals surface area contributed by atoms with Crippen LogP contribution >= 0.6 is 0 Å². The second-order valence-electron chi connectivity index (χ2n) is 3.17. The van der Waals surface area contributed by atoms with E-state index >= 15 is 0 Å². The molecule has 0 fully saturated rings. The zero-order valence-corrected chi connectivity index (χ0v) is 8.51. The summed E-state index contributed by atoms with van der Waals surface area (Å²) >= 11 is 0. The first-order chi connectivity index (χ1) is 6.56. The van der Waals surface area contributed by atoms with Crippen LogP contribution in [0.5, 0.6) is 0 Å². The molecule has 4 nitrogen and oxygen atoms in total. The summed E-state index contributed by atoms with van der Waals surface area (Å²) in [4.78, 5) is 11.7. The number of rotatable bonds is 2. The number of amides is 1. The minimum absolute atomic E-state index is 0.181. The van der Waals surface area contributed by atoms with Crippen LogP contribution in [0.4, 0.5) is 0 Å². The maximum absolute atomic E-state index is 11.7. The van der Waals surface area contributed by atoms with Crippen molar-refractivity contribution in [2.24, 2.45) is 0 Å². The average Bonchev–Trinajstić information content (AvgIpc) is 2.46. The zero-order chi connectivity index (χ0) is 10.7. The molecule has 0 radical (unpaired) electrons. The maximum Gasteiger partial charge on any atom is 0.255 e. The summed E-state index contributed by atoms with van der Waals surface area (Å²) in [5, 5.41) is 9.36. The Balaban J connectivity index is 2.86. The van der Waals surface area contributed by atoms with E-state index < -0.39 is 0 Å². The number of carbonyl (C=O) groups is 1. The van der Waals surface area contributed by atoms with Gasteiger partial charge >= 0.3 is 0 Å². The third kappa shape index (κ3) is 1.94. The fourth-order valence-electron chi connectivity index (χ4n) is 1.20. The van der Waals surface area contributed by atoms with Gasteiger partial charge in [-0.15, -0.1) is 6.42 Å². The fourth-order valence-corrected chi connectivity index (χ4v) is 1.20. The fraction of sp³-hybridized carbons (Fsp3) is 0.400. The van der Waals surface area contributed by atoms with Gasteiger partial charge in [0, 0.05) is 5.69 Å². The highest BCUT2D eigenvalue weighted by molar-refractivity contribution is 5.96. The van der Waals surface area contributed by atoms with Gasteiger partial charge in [0.2, 0.25) is 0 Å². The second-order valence-corrected chi connectivity index (χ2v) is 3.17. The number of aryl methyl sites for hydroxylation is 2. The number of nitrogens with zero attached hydrogens (tertiary/aromatic N) is 1. The molecular formula is C10H13N3O. The third-order valence-electron chi connectivity index (χ3n) is 1.95. The van der Waals surface area contributed by atoms with Crippen LogP contribution in [0.25, 0.3) is 0 Å². The number of carbonyl (C=O) groups excluding carboxylic acids is 1. The average molecular weight is 191 g/mol. The van der Waals surface area contributed by atoms with Crippen molar-refractivity contribution in [3.8, 4) is 12.3 Å². The van der Waals surface area contributed by atoms with Crippen molar-refractivity contribution < 1.29 is 4.79 Å². The number of H-pyrrole nitrogens is 1. The predicted octanol–water partition coefficient (Wildman–Crippen LogP) is 0.778. The lowest BCUT2D eigenvalue weighted by atomic mass is 10.2. The molecule has 4 heteroatoms. The van der Waals surface area contributed by atoms with Crippen molar-refractivity contribution in [3.05, 3.63) is 17.0 Å². The summed E-state index contributed by atoms with van der Waals surface area (Å²) in [5.41, 5.74) is 2.01. The lowest BCUT2D eigenvalue weighted by molar-refractivity contribution is 0.0947. The van der Waals surface area contributed by atoms with Crippen LogP contribution in [-0.2, 0) is 0 Å². The van der Waals surface area contributed by atoms with Gasteiger partial charge in [-0.2, -0.15) is 5.10 Å². The SMILES string of the molecule is C#CC(C)NC(=O)c1c(C)n[nH]c1C. The van der Waals surface area contributed by atoms with Gasteiger partial charge in [-0.05, 0) is 20.8 Å². The smallest absolute Gasteiger partial charge is 0.255 e. The Kier molecular flexibility index (Phi) is 2.92. The van der Waals surface area contributed by atoms with Crippen LogP contribution < -0.4 is 5.32 Å². The summed E-state index contributed by atoms with van der Waals surface area (Å²) in [7, 11) is 0. The molecule has 1 amide bonds. The normalized spacial score (nSPS) is 11.9. The number of terminal acetylenes is 1. The molecule has 0 saturated heterocycles. The van der Waals surface area contributed by atoms with Gasteiger partial charge in [-0.25, -0.2) is 0 Å². The number of aromatic amines is 1. The van der Waals surface area contributed by atoms with Gasteiger partial charge in [-0.1, -0.05) is 5.92 Å². The molecule has 74 valence electrons. The highest BCUT2D eigenvalue weighted by atomic mass is 16.1. The Bertz CT molecular complexity index is 367. The standard InChI is InChI=1S/C10H13N3O/c1-5-6(2)11-10(14)9-7(3)12-13-8(9)4/h1,6H,2-4H3,(H,11,14)(H,12,13). The van der Waals surface area contributed by atoms with Crippen LogP contribution in [0.3, 0.4) is 0 Å². The summed E-state index contributed by atoms with van der Waals surface area (Å²) in [6, 6.07) is -0.267. The van der Waals surface area contributed by atoms with Crippen LogP contribution in [0.2, 0.25) is 0 Å². The van der Waals surface area contributed by atoms with Gasteiger partial charge < -0.3 is 5.32 Å². The maximum atomic E-state index is 11.7. The summed E-state index contributed by atoms with van der Waals surface area (Å²) < 4.78 is 0. The molecule has 0 bridgehead atoms. The highest BCUT2D eigenvalue weighted by Gasteiger charge is 2.15. The van der Waals surface area contributed by atoms with E-state index in [1.807, 2.05) is 0 Å². The van der Waals surface area contributed by atoms with E-state index in [1.54, 1.807) is 20.8 Å². The van der Waals surface area contributed by atoms with E-state index in [9.17, 15) is 4.79 Å². The largest absolute Gasteiger partial charge is 0.339 e. The summed E-state index contributed by atoms with van der Waals surface area (Å²) in [6.07, 6.45) is 5.16. The number of aromatic nitrogens is 2. The van der Waals surface area contributed by atoms with Gasteiger partial charge in [0.1, 0.15) is 0 Å². The first-order valence-electron chi connectivity index (χ1n) is 4.34. The molecular weight excluding hydrogens is 178 g/mol. The molecule has 1 atom stereocenters. The predicted molar refractivity (Wildman–Crippen MR) is 53.8 cm³/mol. The van der Waals surface area contributed by atoms with E-state index in [2.05, 4.69) is 21.4 Å². The van der Waals surface area contributed by atoms with Crippen molar-refractivity contribution in [3.63, 3.8) is 0 Å². The Morgan fingerprint density at radius 3 is 2.71 bits per heavy atom. The number of hydrogen-bond acceptors (Lipinski definition) is 2. The lowest BCUT2D eigenvalue weighted by Crippen LogP contribution is -2.31. The molecule has 14 heavy (non-hydrogen) atoms. The van der Waals surface area contributed by atoms with Crippen molar-refractivity contribution in [2.45, 2.75) is 26.8 Å². The Morgan fingerprint density at radius 1 is 1.64 bits per heavy atom. The Hall–Kier alpha value is -1.76. The molecule has 1 aromatic rings. The van der Waals surface area contributed by atoms with Crippen molar-refractivity contribution in [2.75, 3.05) is 0 Å². The molecule has 1 heterocycles. The van der Waals surface area contributed by atoms with Gasteiger partial charge in [0.15, 0.2) is 0 Å². The molecule has 0 spiro atoms. The van der Waals surface area contributed by atoms with E-state index in [-0.39, 0.29) is 11.9 Å². The summed E-state index contributed by atoms with van der Waals surface area (Å²) in [5.74, 6) is 2.25. The van der Waals surface area contributed by atoms with Crippen LogP contribution in [0, 0.1) is 26.2 Å². The van der Waals surface area contributed by atoms with Gasteiger partial charge in [0.25, 0.3) is 5.91 Å². The monoisotopic (exact) mass is 191 g/mol. The first kappa shape index (κ1) is 10.3. The van der Waals surface area contributed by atoms with Crippen molar-refractivity contribution >= 4 is 5.91 Å². The molecule has 1 aromatic heterocycles. The molecule has 1 unspecified atom stereocenters. The minimum Gasteiger partial charge on any atom is -0.339 e. The molecule has 0 saturated carbocycles. The first-order valence-corrected chi connectivity index (χ1v) is 4.34. The van der Waals surface area contributed by atoms with Crippen molar-refractivity contribution in [1.82, 2.24) is 15.5 Å². The Morgan fingerprint density at radius 2 is 2.29 bits per heavy atom. The van der Waals surface area contributed by atoms with Gasteiger partial charge in [0.05, 0.1) is 17.3 Å². The van der Waals surface area contributed by atoms with E-state index in [0.29, 0.717) is 11.3 Å². The van der Waals surface area contributed by atoms with E-state index in [0.717, 1.165) is 5.69 Å². The second kappa shape index (κ2) is 3.97. The molecule has 0 aromatic carbocycles. The van der Waals surface area contributed by atoms with Crippen LogP contribution in [0.1, 0.15) is 28.7 Å². The quantitative estimate of drug-likeness (QED) is 0.679. The van der Waals surface area contributed by atoms with Gasteiger partial charge in [-0.3, -0.25) is 9.89 Å². The topological polar surface area (TPSA) is 57.8 Å². The third-order valence-corrected chi connectivity index (χ3v) is 1.95. The van der Waals surface area contributed by atoms with E-state index in [1.165, 1.54) is 0 Å². The zero-order valence-electron chi connectivity index (χ0n) is 8.51. The molecule has 2 N–H and O–H groups in total. The highest BCUT2D eigenvalue weighted by Crippen LogP contribution is 2.08.